The standard InChI is InChI=1S/C16H27NO2/c1-11-9-17(10-15(11)18)16(19)14-7-6-12-4-2-3-5-13(12)8-14/h11-15,18H,2-10H2,1H3. The quantitative estimate of drug-likeness (QED) is 0.791. The van der Waals surface area contributed by atoms with Gasteiger partial charge >= 0.3 is 0 Å². The molecule has 0 spiro atoms. The van der Waals surface area contributed by atoms with Crippen LogP contribution in [0, 0.1) is 23.7 Å². The van der Waals surface area contributed by atoms with Crippen molar-refractivity contribution in [1.82, 2.24) is 4.90 Å². The minimum Gasteiger partial charge on any atom is -0.391 e. The molecule has 0 radical (unpaired) electrons. The van der Waals surface area contributed by atoms with E-state index in [4.69, 9.17) is 0 Å². The summed E-state index contributed by atoms with van der Waals surface area (Å²) in [7, 11) is 0. The van der Waals surface area contributed by atoms with E-state index in [1.54, 1.807) is 0 Å². The van der Waals surface area contributed by atoms with E-state index in [-0.39, 0.29) is 17.9 Å². The summed E-state index contributed by atoms with van der Waals surface area (Å²) in [5, 5.41) is 9.81. The van der Waals surface area contributed by atoms with E-state index in [2.05, 4.69) is 0 Å². The van der Waals surface area contributed by atoms with Crippen LogP contribution < -0.4 is 0 Å². The third kappa shape index (κ3) is 2.67. The molecule has 3 rings (SSSR count). The third-order valence-corrected chi connectivity index (χ3v) is 5.77. The first-order valence-corrected chi connectivity index (χ1v) is 8.12. The Hall–Kier alpha value is -0.570. The maximum atomic E-state index is 12.6. The molecule has 108 valence electrons. The number of likely N-dealkylation sites (tertiary alicyclic amines) is 1. The van der Waals surface area contributed by atoms with Crippen LogP contribution in [-0.4, -0.2) is 35.1 Å². The van der Waals surface area contributed by atoms with Gasteiger partial charge < -0.3 is 10.0 Å². The Bertz CT molecular complexity index is 334. The summed E-state index contributed by atoms with van der Waals surface area (Å²) in [5.41, 5.74) is 0. The predicted molar refractivity (Wildman–Crippen MR) is 74.5 cm³/mol. The van der Waals surface area contributed by atoms with Crippen molar-refractivity contribution in [3.63, 3.8) is 0 Å². The van der Waals surface area contributed by atoms with Gasteiger partial charge in [-0.15, -0.1) is 0 Å². The number of aliphatic hydroxyl groups excluding tert-OH is 1. The lowest BCUT2D eigenvalue weighted by atomic mass is 9.67. The van der Waals surface area contributed by atoms with Crippen molar-refractivity contribution in [1.29, 1.82) is 0 Å². The van der Waals surface area contributed by atoms with Crippen LogP contribution in [0.1, 0.15) is 51.9 Å². The van der Waals surface area contributed by atoms with Crippen LogP contribution in [-0.2, 0) is 4.79 Å². The van der Waals surface area contributed by atoms with Gasteiger partial charge in [0.15, 0.2) is 0 Å². The molecule has 1 amide bonds. The Morgan fingerprint density at radius 2 is 1.79 bits per heavy atom. The SMILES string of the molecule is CC1CN(C(=O)C2CCC3CCCCC3C2)CC1O. The van der Waals surface area contributed by atoms with Gasteiger partial charge in [-0.1, -0.05) is 32.6 Å². The number of carbonyl (C=O) groups is 1. The molecule has 3 nitrogen and oxygen atoms in total. The number of nitrogens with zero attached hydrogens (tertiary/aromatic N) is 1. The lowest BCUT2D eigenvalue weighted by Crippen LogP contribution is -2.39. The fraction of sp³-hybridized carbons (Fsp3) is 0.938. The molecule has 5 unspecified atom stereocenters. The molecule has 1 aliphatic heterocycles. The van der Waals surface area contributed by atoms with Gasteiger partial charge in [0.25, 0.3) is 0 Å². The number of fused-ring (bicyclic) bond motifs is 1. The van der Waals surface area contributed by atoms with Crippen molar-refractivity contribution >= 4 is 5.91 Å². The van der Waals surface area contributed by atoms with E-state index < -0.39 is 0 Å². The zero-order valence-corrected chi connectivity index (χ0v) is 12.1. The summed E-state index contributed by atoms with van der Waals surface area (Å²) in [6.07, 6.45) is 8.64. The molecule has 3 aliphatic rings. The highest BCUT2D eigenvalue weighted by atomic mass is 16.3. The number of rotatable bonds is 1. The predicted octanol–water partition coefficient (Wildman–Crippen LogP) is 2.43. The summed E-state index contributed by atoms with van der Waals surface area (Å²) in [6.45, 7) is 3.35. The van der Waals surface area contributed by atoms with Crippen molar-refractivity contribution in [2.24, 2.45) is 23.7 Å². The van der Waals surface area contributed by atoms with Crippen LogP contribution in [0.5, 0.6) is 0 Å². The van der Waals surface area contributed by atoms with Crippen molar-refractivity contribution in [3.8, 4) is 0 Å². The van der Waals surface area contributed by atoms with Gasteiger partial charge in [-0.3, -0.25) is 4.79 Å². The summed E-state index contributed by atoms with van der Waals surface area (Å²) >= 11 is 0. The number of hydrogen-bond donors (Lipinski definition) is 1. The Kier molecular flexibility index (Phi) is 3.84. The lowest BCUT2D eigenvalue weighted by Gasteiger charge is -2.39. The maximum Gasteiger partial charge on any atom is 0.225 e. The summed E-state index contributed by atoms with van der Waals surface area (Å²) in [4.78, 5) is 14.5. The first-order chi connectivity index (χ1) is 9.15. The minimum absolute atomic E-state index is 0.245. The second-order valence-corrected chi connectivity index (χ2v) is 7.10. The van der Waals surface area contributed by atoms with E-state index in [9.17, 15) is 9.90 Å². The summed E-state index contributed by atoms with van der Waals surface area (Å²) in [6, 6.07) is 0. The Labute approximate surface area is 116 Å². The lowest BCUT2D eigenvalue weighted by molar-refractivity contribution is -0.137. The highest BCUT2D eigenvalue weighted by molar-refractivity contribution is 5.79. The molecule has 5 atom stereocenters. The summed E-state index contributed by atoms with van der Waals surface area (Å²) in [5.74, 6) is 2.53. The highest BCUT2D eigenvalue weighted by Crippen LogP contribution is 2.43. The smallest absolute Gasteiger partial charge is 0.225 e. The molecule has 0 aromatic heterocycles. The monoisotopic (exact) mass is 265 g/mol. The molecule has 1 N–H and O–H groups in total. The Morgan fingerprint density at radius 1 is 1.05 bits per heavy atom. The Balaban J connectivity index is 1.59. The molecule has 1 saturated heterocycles. The number of β-amino-alcohol motifs (C(OH)–C–C–N with tert-alkyl or cyclic N) is 1. The van der Waals surface area contributed by atoms with Gasteiger partial charge in [-0.2, -0.15) is 0 Å². The van der Waals surface area contributed by atoms with Gasteiger partial charge in [0.2, 0.25) is 5.91 Å². The molecule has 2 saturated carbocycles. The molecule has 0 bridgehead atoms. The van der Waals surface area contributed by atoms with Crippen LogP contribution >= 0.6 is 0 Å². The van der Waals surface area contributed by atoms with Crippen molar-refractivity contribution in [2.45, 2.75) is 58.0 Å². The van der Waals surface area contributed by atoms with Crippen LogP contribution in [0.3, 0.4) is 0 Å². The summed E-state index contributed by atoms with van der Waals surface area (Å²) < 4.78 is 0. The zero-order valence-electron chi connectivity index (χ0n) is 12.1. The highest BCUT2D eigenvalue weighted by Gasteiger charge is 2.39. The van der Waals surface area contributed by atoms with Gasteiger partial charge in [-0.05, 0) is 31.1 Å². The first kappa shape index (κ1) is 13.4. The molecular formula is C16H27NO2. The van der Waals surface area contributed by atoms with Crippen LogP contribution in [0.25, 0.3) is 0 Å². The number of amides is 1. The minimum atomic E-state index is -0.310. The average molecular weight is 265 g/mol. The molecule has 1 heterocycles. The number of hydrogen-bond acceptors (Lipinski definition) is 2. The molecular weight excluding hydrogens is 238 g/mol. The van der Waals surface area contributed by atoms with Gasteiger partial charge in [-0.25, -0.2) is 0 Å². The van der Waals surface area contributed by atoms with Gasteiger partial charge in [0.05, 0.1) is 6.10 Å². The third-order valence-electron chi connectivity index (χ3n) is 5.77. The van der Waals surface area contributed by atoms with Crippen LogP contribution in [0.15, 0.2) is 0 Å². The van der Waals surface area contributed by atoms with E-state index in [0.29, 0.717) is 12.5 Å². The second-order valence-electron chi connectivity index (χ2n) is 7.10. The molecule has 3 fully saturated rings. The zero-order chi connectivity index (χ0) is 13.4. The largest absolute Gasteiger partial charge is 0.391 e. The van der Waals surface area contributed by atoms with E-state index >= 15 is 0 Å². The molecule has 0 aromatic carbocycles. The average Bonchev–Trinajstić information content (AvgIpc) is 2.77. The number of carbonyl (C=O) groups excluding carboxylic acids is 1. The van der Waals surface area contributed by atoms with Gasteiger partial charge in [0, 0.05) is 24.9 Å². The number of aliphatic hydroxyl groups is 1. The van der Waals surface area contributed by atoms with Crippen molar-refractivity contribution in [2.75, 3.05) is 13.1 Å². The van der Waals surface area contributed by atoms with Crippen LogP contribution in [0.2, 0.25) is 0 Å². The van der Waals surface area contributed by atoms with Crippen LogP contribution in [0.4, 0.5) is 0 Å². The van der Waals surface area contributed by atoms with E-state index in [1.807, 2.05) is 11.8 Å². The van der Waals surface area contributed by atoms with E-state index in [1.165, 1.54) is 32.1 Å². The van der Waals surface area contributed by atoms with Crippen molar-refractivity contribution in [3.05, 3.63) is 0 Å². The molecule has 19 heavy (non-hydrogen) atoms. The Morgan fingerprint density at radius 3 is 2.47 bits per heavy atom. The van der Waals surface area contributed by atoms with Crippen molar-refractivity contribution < 1.29 is 9.90 Å². The van der Waals surface area contributed by atoms with E-state index in [0.717, 1.165) is 31.2 Å². The fourth-order valence-electron chi connectivity index (χ4n) is 4.49. The molecule has 0 aromatic rings. The first-order valence-electron chi connectivity index (χ1n) is 8.12. The normalized spacial score (nSPS) is 43.1. The van der Waals surface area contributed by atoms with Gasteiger partial charge in [0.1, 0.15) is 0 Å². The molecule has 3 heteroatoms. The fourth-order valence-corrected chi connectivity index (χ4v) is 4.49. The second kappa shape index (κ2) is 5.43. The topological polar surface area (TPSA) is 40.5 Å². The maximum absolute atomic E-state index is 12.6. The molecule has 2 aliphatic carbocycles.